The number of nitrogens with one attached hydrogen (secondary N) is 2. The van der Waals surface area contributed by atoms with Crippen LogP contribution in [0.4, 0.5) is 0 Å². The zero-order valence-corrected chi connectivity index (χ0v) is 9.62. The standard InChI is InChI=1S/C13H18N2O/c1-2-14-13(16)8-7-12-11-6-4-3-5-10(11)9-15-12/h3-6,12,15H,2,7-9H2,1H3,(H,14,16). The van der Waals surface area contributed by atoms with E-state index >= 15 is 0 Å². The SMILES string of the molecule is CCNC(=O)CCC1NCc2ccccc21. The van der Waals surface area contributed by atoms with Crippen LogP contribution in [0, 0.1) is 0 Å². The molecule has 1 aliphatic heterocycles. The summed E-state index contributed by atoms with van der Waals surface area (Å²) in [5, 5.41) is 6.27. The summed E-state index contributed by atoms with van der Waals surface area (Å²) in [6.45, 7) is 3.59. The Bertz CT molecular complexity index is 376. The number of rotatable bonds is 4. The van der Waals surface area contributed by atoms with Crippen molar-refractivity contribution in [3.05, 3.63) is 35.4 Å². The van der Waals surface area contributed by atoms with E-state index in [1.54, 1.807) is 0 Å². The molecule has 0 spiro atoms. The van der Waals surface area contributed by atoms with Crippen molar-refractivity contribution in [3.8, 4) is 0 Å². The third-order valence-corrected chi connectivity index (χ3v) is 3.00. The summed E-state index contributed by atoms with van der Waals surface area (Å²) in [7, 11) is 0. The molecule has 1 atom stereocenters. The van der Waals surface area contributed by atoms with Gasteiger partial charge >= 0.3 is 0 Å². The summed E-state index contributed by atoms with van der Waals surface area (Å²) in [5.41, 5.74) is 2.72. The number of hydrogen-bond acceptors (Lipinski definition) is 2. The molecule has 0 radical (unpaired) electrons. The fourth-order valence-electron chi connectivity index (χ4n) is 2.20. The van der Waals surface area contributed by atoms with E-state index in [4.69, 9.17) is 0 Å². The first-order valence-electron chi connectivity index (χ1n) is 5.89. The highest BCUT2D eigenvalue weighted by molar-refractivity contribution is 5.75. The summed E-state index contributed by atoms with van der Waals surface area (Å²) in [5.74, 6) is 0.147. The second kappa shape index (κ2) is 5.12. The maximum Gasteiger partial charge on any atom is 0.220 e. The quantitative estimate of drug-likeness (QED) is 0.808. The molecule has 16 heavy (non-hydrogen) atoms. The molecule has 1 heterocycles. The Kier molecular flexibility index (Phi) is 3.57. The lowest BCUT2D eigenvalue weighted by Gasteiger charge is -2.11. The van der Waals surface area contributed by atoms with Gasteiger partial charge in [0.25, 0.3) is 0 Å². The lowest BCUT2D eigenvalue weighted by Crippen LogP contribution is -2.24. The van der Waals surface area contributed by atoms with E-state index in [1.807, 2.05) is 6.92 Å². The minimum absolute atomic E-state index is 0.147. The van der Waals surface area contributed by atoms with E-state index in [-0.39, 0.29) is 5.91 Å². The summed E-state index contributed by atoms with van der Waals surface area (Å²) < 4.78 is 0. The first-order valence-corrected chi connectivity index (χ1v) is 5.89. The third kappa shape index (κ3) is 2.42. The lowest BCUT2D eigenvalue weighted by atomic mass is 10.0. The van der Waals surface area contributed by atoms with Gasteiger partial charge in [-0.1, -0.05) is 24.3 Å². The molecule has 1 unspecified atom stereocenters. The predicted octanol–water partition coefficient (Wildman–Crippen LogP) is 1.75. The summed E-state index contributed by atoms with van der Waals surface area (Å²) in [6.07, 6.45) is 1.47. The van der Waals surface area contributed by atoms with Gasteiger partial charge in [0.05, 0.1) is 0 Å². The summed E-state index contributed by atoms with van der Waals surface area (Å²) in [4.78, 5) is 11.4. The normalized spacial score (nSPS) is 18.2. The molecule has 0 aromatic heterocycles. The average Bonchev–Trinajstić information content (AvgIpc) is 2.70. The van der Waals surface area contributed by atoms with E-state index in [1.165, 1.54) is 11.1 Å². The van der Waals surface area contributed by atoms with Crippen LogP contribution in [0.2, 0.25) is 0 Å². The number of carbonyl (C=O) groups is 1. The number of benzene rings is 1. The zero-order valence-electron chi connectivity index (χ0n) is 9.62. The summed E-state index contributed by atoms with van der Waals surface area (Å²) >= 11 is 0. The van der Waals surface area contributed by atoms with Crippen LogP contribution in [0.1, 0.15) is 36.9 Å². The molecule has 3 heteroatoms. The molecule has 86 valence electrons. The maximum absolute atomic E-state index is 11.4. The molecule has 0 saturated carbocycles. The largest absolute Gasteiger partial charge is 0.356 e. The smallest absolute Gasteiger partial charge is 0.220 e. The Morgan fingerprint density at radius 1 is 1.50 bits per heavy atom. The van der Waals surface area contributed by atoms with Crippen LogP contribution in [0.3, 0.4) is 0 Å². The fraction of sp³-hybridized carbons (Fsp3) is 0.462. The minimum Gasteiger partial charge on any atom is -0.356 e. The Labute approximate surface area is 96.2 Å². The van der Waals surface area contributed by atoms with Crippen molar-refractivity contribution in [2.45, 2.75) is 32.4 Å². The highest BCUT2D eigenvalue weighted by Crippen LogP contribution is 2.28. The number of carbonyl (C=O) groups excluding carboxylic acids is 1. The number of fused-ring (bicyclic) bond motifs is 1. The third-order valence-electron chi connectivity index (χ3n) is 3.00. The minimum atomic E-state index is 0.147. The first-order chi connectivity index (χ1) is 7.81. The van der Waals surface area contributed by atoms with Crippen LogP contribution in [0.15, 0.2) is 24.3 Å². The van der Waals surface area contributed by atoms with Crippen LogP contribution in [0.25, 0.3) is 0 Å². The van der Waals surface area contributed by atoms with Crippen molar-refractivity contribution in [1.29, 1.82) is 0 Å². The molecule has 3 nitrogen and oxygen atoms in total. The van der Waals surface area contributed by atoms with Gasteiger partial charge in [-0.15, -0.1) is 0 Å². The average molecular weight is 218 g/mol. The molecule has 2 N–H and O–H groups in total. The van der Waals surface area contributed by atoms with Gasteiger partial charge in [-0.3, -0.25) is 4.79 Å². The van der Waals surface area contributed by atoms with Gasteiger partial charge in [-0.25, -0.2) is 0 Å². The van der Waals surface area contributed by atoms with Crippen LogP contribution in [0.5, 0.6) is 0 Å². The molecule has 1 amide bonds. The van der Waals surface area contributed by atoms with Crippen molar-refractivity contribution in [3.63, 3.8) is 0 Å². The van der Waals surface area contributed by atoms with Crippen molar-refractivity contribution in [2.24, 2.45) is 0 Å². The fourth-order valence-corrected chi connectivity index (χ4v) is 2.20. The topological polar surface area (TPSA) is 41.1 Å². The van der Waals surface area contributed by atoms with Crippen LogP contribution < -0.4 is 10.6 Å². The Hall–Kier alpha value is -1.35. The highest BCUT2D eigenvalue weighted by atomic mass is 16.1. The van der Waals surface area contributed by atoms with E-state index in [0.717, 1.165) is 13.0 Å². The molecule has 0 saturated heterocycles. The summed E-state index contributed by atoms with van der Waals surface area (Å²) in [6, 6.07) is 8.77. The second-order valence-electron chi connectivity index (χ2n) is 4.12. The molecule has 2 rings (SSSR count). The van der Waals surface area contributed by atoms with Gasteiger partial charge < -0.3 is 10.6 Å². The molecule has 0 aliphatic carbocycles. The van der Waals surface area contributed by atoms with E-state index in [9.17, 15) is 4.79 Å². The van der Waals surface area contributed by atoms with E-state index in [0.29, 0.717) is 19.0 Å². The van der Waals surface area contributed by atoms with Gasteiger partial charge in [-0.2, -0.15) is 0 Å². The van der Waals surface area contributed by atoms with Gasteiger partial charge in [0, 0.05) is 25.6 Å². The molecule has 1 aromatic rings. The molecule has 0 fully saturated rings. The molecular formula is C13H18N2O. The Morgan fingerprint density at radius 3 is 3.12 bits per heavy atom. The molecular weight excluding hydrogens is 200 g/mol. The van der Waals surface area contributed by atoms with Gasteiger partial charge in [0.2, 0.25) is 5.91 Å². The van der Waals surface area contributed by atoms with Gasteiger partial charge in [0.15, 0.2) is 0 Å². The highest BCUT2D eigenvalue weighted by Gasteiger charge is 2.21. The molecule has 1 aliphatic rings. The molecule has 1 aromatic carbocycles. The van der Waals surface area contributed by atoms with Crippen molar-refractivity contribution in [2.75, 3.05) is 6.54 Å². The van der Waals surface area contributed by atoms with Crippen LogP contribution >= 0.6 is 0 Å². The first kappa shape index (κ1) is 11.1. The maximum atomic E-state index is 11.4. The monoisotopic (exact) mass is 218 g/mol. The van der Waals surface area contributed by atoms with E-state index in [2.05, 4.69) is 34.9 Å². The number of hydrogen-bond donors (Lipinski definition) is 2. The Morgan fingerprint density at radius 2 is 2.31 bits per heavy atom. The second-order valence-corrected chi connectivity index (χ2v) is 4.12. The number of amides is 1. The van der Waals surface area contributed by atoms with E-state index < -0.39 is 0 Å². The van der Waals surface area contributed by atoms with Crippen LogP contribution in [-0.2, 0) is 11.3 Å². The van der Waals surface area contributed by atoms with Crippen LogP contribution in [-0.4, -0.2) is 12.5 Å². The van der Waals surface area contributed by atoms with Crippen molar-refractivity contribution < 1.29 is 4.79 Å². The van der Waals surface area contributed by atoms with Gasteiger partial charge in [-0.05, 0) is 24.5 Å². The Balaban J connectivity index is 1.91. The predicted molar refractivity (Wildman–Crippen MR) is 63.9 cm³/mol. The lowest BCUT2D eigenvalue weighted by molar-refractivity contribution is -0.121. The van der Waals surface area contributed by atoms with Crippen molar-refractivity contribution in [1.82, 2.24) is 10.6 Å². The van der Waals surface area contributed by atoms with Crippen molar-refractivity contribution >= 4 is 5.91 Å². The molecule has 0 bridgehead atoms. The van der Waals surface area contributed by atoms with Gasteiger partial charge in [0.1, 0.15) is 0 Å². The zero-order chi connectivity index (χ0) is 11.4.